The minimum Gasteiger partial charge on any atom is -0.447 e. The van der Waals surface area contributed by atoms with Crippen molar-refractivity contribution >= 4 is 16.8 Å². The second kappa shape index (κ2) is 11.0. The van der Waals surface area contributed by atoms with Crippen LogP contribution in [0.1, 0.15) is 33.1 Å². The first kappa shape index (κ1) is 23.5. The summed E-state index contributed by atoms with van der Waals surface area (Å²) >= 11 is 0. The van der Waals surface area contributed by atoms with E-state index >= 15 is 0 Å². The Bertz CT molecular complexity index is 1430. The van der Waals surface area contributed by atoms with Crippen LogP contribution in [0.4, 0.5) is 4.39 Å². The number of carbonyl (C=O) groups is 1. The minimum absolute atomic E-state index is 0.249. The van der Waals surface area contributed by atoms with Gasteiger partial charge in [0.15, 0.2) is 5.69 Å². The van der Waals surface area contributed by atoms with Gasteiger partial charge in [-0.2, -0.15) is 0 Å². The first-order valence-corrected chi connectivity index (χ1v) is 11.9. The third-order valence-electron chi connectivity index (χ3n) is 6.13. The Kier molecular flexibility index (Phi) is 7.19. The minimum atomic E-state index is -0.280. The normalized spacial score (nSPS) is 11.3. The third kappa shape index (κ3) is 5.87. The number of nitrogens with one attached hydrogen (secondary N) is 2. The van der Waals surface area contributed by atoms with Crippen LogP contribution in [0, 0.1) is 5.82 Å². The van der Waals surface area contributed by atoms with Gasteiger partial charge in [-0.05, 0) is 41.3 Å². The van der Waals surface area contributed by atoms with Gasteiger partial charge < -0.3 is 14.7 Å². The van der Waals surface area contributed by atoms with Gasteiger partial charge in [-0.3, -0.25) is 9.69 Å². The number of oxazole rings is 1. The second-order valence-corrected chi connectivity index (χ2v) is 8.74. The highest BCUT2D eigenvalue weighted by atomic mass is 19.1. The van der Waals surface area contributed by atoms with Gasteiger partial charge in [0.2, 0.25) is 5.89 Å². The van der Waals surface area contributed by atoms with Gasteiger partial charge in [0.05, 0.1) is 6.54 Å². The number of halogens is 1. The zero-order valence-corrected chi connectivity index (χ0v) is 19.8. The van der Waals surface area contributed by atoms with Crippen molar-refractivity contribution in [1.29, 1.82) is 0 Å². The van der Waals surface area contributed by atoms with Crippen molar-refractivity contribution in [2.45, 2.75) is 26.1 Å². The Morgan fingerprint density at radius 1 is 0.944 bits per heavy atom. The average Bonchev–Trinajstić information content (AvgIpc) is 3.55. The van der Waals surface area contributed by atoms with Crippen LogP contribution >= 0.6 is 0 Å². The molecule has 0 aliphatic carbocycles. The van der Waals surface area contributed by atoms with E-state index < -0.39 is 0 Å². The average molecular weight is 483 g/mol. The van der Waals surface area contributed by atoms with Crippen LogP contribution in [-0.4, -0.2) is 27.3 Å². The summed E-state index contributed by atoms with van der Waals surface area (Å²) in [6.07, 6.45) is 4.25. The van der Waals surface area contributed by atoms with Crippen LogP contribution in [-0.2, 0) is 26.1 Å². The monoisotopic (exact) mass is 482 g/mol. The summed E-state index contributed by atoms with van der Waals surface area (Å²) in [6.45, 7) is 2.17. The van der Waals surface area contributed by atoms with Crippen LogP contribution < -0.4 is 5.32 Å². The standard InChI is InChI=1S/C29H27FN4O2/c30-24-12-10-22(11-13-24)18-34(15-14-23-17-31-26-9-5-4-8-25(23)26)19-28-33-27(20-36-28)29(35)32-16-21-6-2-1-3-7-21/h1-13,17,20,31H,14-16,18-19H2,(H,32,35). The molecule has 182 valence electrons. The van der Waals surface area contributed by atoms with Crippen LogP contribution in [0.15, 0.2) is 95.7 Å². The largest absolute Gasteiger partial charge is 0.447 e. The fourth-order valence-electron chi connectivity index (χ4n) is 4.23. The van der Waals surface area contributed by atoms with E-state index in [9.17, 15) is 9.18 Å². The first-order chi connectivity index (χ1) is 17.6. The molecule has 0 atom stereocenters. The molecule has 0 radical (unpaired) electrons. The molecule has 36 heavy (non-hydrogen) atoms. The molecular formula is C29H27FN4O2. The van der Waals surface area contributed by atoms with Gasteiger partial charge in [0, 0.05) is 36.7 Å². The maximum atomic E-state index is 13.4. The lowest BCUT2D eigenvalue weighted by Gasteiger charge is -2.21. The van der Waals surface area contributed by atoms with E-state index in [0.29, 0.717) is 25.5 Å². The number of hydrogen-bond acceptors (Lipinski definition) is 4. The molecule has 0 bridgehead atoms. The second-order valence-electron chi connectivity index (χ2n) is 8.74. The number of carbonyl (C=O) groups excluding carboxylic acids is 1. The molecule has 3 aromatic carbocycles. The molecule has 5 aromatic rings. The lowest BCUT2D eigenvalue weighted by molar-refractivity contribution is 0.0945. The summed E-state index contributed by atoms with van der Waals surface area (Å²) in [6, 6.07) is 24.4. The molecule has 2 N–H and O–H groups in total. The smallest absolute Gasteiger partial charge is 0.273 e. The molecule has 0 saturated carbocycles. The zero-order valence-electron chi connectivity index (χ0n) is 19.8. The van der Waals surface area contributed by atoms with E-state index in [0.717, 1.165) is 29.6 Å². The van der Waals surface area contributed by atoms with Crippen molar-refractivity contribution in [3.63, 3.8) is 0 Å². The van der Waals surface area contributed by atoms with Crippen LogP contribution in [0.25, 0.3) is 10.9 Å². The number of amides is 1. The molecule has 6 nitrogen and oxygen atoms in total. The molecule has 2 aromatic heterocycles. The van der Waals surface area contributed by atoms with Crippen LogP contribution in [0.3, 0.4) is 0 Å². The number of benzene rings is 3. The Hall–Kier alpha value is -4.23. The predicted molar refractivity (Wildman–Crippen MR) is 137 cm³/mol. The summed E-state index contributed by atoms with van der Waals surface area (Å²) in [4.78, 5) is 22.5. The van der Waals surface area contributed by atoms with Crippen molar-refractivity contribution in [2.24, 2.45) is 0 Å². The number of aromatic amines is 1. The number of aromatic nitrogens is 2. The third-order valence-corrected chi connectivity index (χ3v) is 6.13. The van der Waals surface area contributed by atoms with E-state index in [2.05, 4.69) is 32.3 Å². The molecule has 7 heteroatoms. The number of para-hydroxylation sites is 1. The summed E-state index contributed by atoms with van der Waals surface area (Å²) in [5.74, 6) is -0.0819. The number of rotatable bonds is 10. The van der Waals surface area contributed by atoms with Gasteiger partial charge >= 0.3 is 0 Å². The van der Waals surface area contributed by atoms with Crippen LogP contribution in [0.5, 0.6) is 0 Å². The molecule has 0 aliphatic rings. The van der Waals surface area contributed by atoms with Crippen molar-refractivity contribution in [3.05, 3.63) is 125 Å². The Labute approximate surface area is 208 Å². The fourth-order valence-corrected chi connectivity index (χ4v) is 4.23. The molecule has 5 rings (SSSR count). The molecule has 0 aliphatic heterocycles. The van der Waals surface area contributed by atoms with Gasteiger partial charge in [-0.15, -0.1) is 0 Å². The maximum Gasteiger partial charge on any atom is 0.273 e. The topological polar surface area (TPSA) is 74.2 Å². The predicted octanol–water partition coefficient (Wildman–Crippen LogP) is 5.47. The van der Waals surface area contributed by atoms with E-state index in [1.54, 1.807) is 12.1 Å². The highest BCUT2D eigenvalue weighted by Gasteiger charge is 2.16. The Morgan fingerprint density at radius 2 is 1.72 bits per heavy atom. The number of H-pyrrole nitrogens is 1. The summed E-state index contributed by atoms with van der Waals surface area (Å²) in [5.41, 5.74) is 4.58. The van der Waals surface area contributed by atoms with Crippen molar-refractivity contribution < 1.29 is 13.6 Å². The molecule has 0 fully saturated rings. The zero-order chi connectivity index (χ0) is 24.7. The Morgan fingerprint density at radius 3 is 2.56 bits per heavy atom. The number of fused-ring (bicyclic) bond motifs is 1. The van der Waals surface area contributed by atoms with Gasteiger partial charge in [-0.25, -0.2) is 9.37 Å². The SMILES string of the molecule is O=C(NCc1ccccc1)c1coc(CN(CCc2c[nH]c3ccccc23)Cc2ccc(F)cc2)n1. The highest BCUT2D eigenvalue weighted by molar-refractivity contribution is 5.91. The Balaban J connectivity index is 1.26. The van der Waals surface area contributed by atoms with E-state index in [-0.39, 0.29) is 17.4 Å². The molecule has 0 saturated heterocycles. The van der Waals surface area contributed by atoms with Crippen molar-refractivity contribution in [1.82, 2.24) is 20.2 Å². The van der Waals surface area contributed by atoms with Crippen LogP contribution in [0.2, 0.25) is 0 Å². The molecule has 0 unspecified atom stereocenters. The van der Waals surface area contributed by atoms with Gasteiger partial charge in [-0.1, -0.05) is 60.7 Å². The molecule has 2 heterocycles. The first-order valence-electron chi connectivity index (χ1n) is 11.9. The lowest BCUT2D eigenvalue weighted by atomic mass is 10.1. The summed E-state index contributed by atoms with van der Waals surface area (Å²) < 4.78 is 19.1. The quantitative estimate of drug-likeness (QED) is 0.277. The summed E-state index contributed by atoms with van der Waals surface area (Å²) in [5, 5.41) is 4.08. The van der Waals surface area contributed by atoms with Crippen molar-refractivity contribution in [2.75, 3.05) is 6.54 Å². The number of hydrogen-bond donors (Lipinski definition) is 2. The van der Waals surface area contributed by atoms with Gasteiger partial charge in [0.25, 0.3) is 5.91 Å². The highest BCUT2D eigenvalue weighted by Crippen LogP contribution is 2.19. The van der Waals surface area contributed by atoms with Crippen molar-refractivity contribution in [3.8, 4) is 0 Å². The molecule has 1 amide bonds. The van der Waals surface area contributed by atoms with E-state index in [4.69, 9.17) is 4.42 Å². The van der Waals surface area contributed by atoms with E-state index in [1.807, 2.05) is 48.7 Å². The lowest BCUT2D eigenvalue weighted by Crippen LogP contribution is -2.26. The summed E-state index contributed by atoms with van der Waals surface area (Å²) in [7, 11) is 0. The maximum absolute atomic E-state index is 13.4. The van der Waals surface area contributed by atoms with E-state index in [1.165, 1.54) is 29.3 Å². The molecular weight excluding hydrogens is 455 g/mol. The van der Waals surface area contributed by atoms with Gasteiger partial charge in [0.1, 0.15) is 12.1 Å². The fraction of sp³-hybridized carbons (Fsp3) is 0.172. The molecule has 0 spiro atoms. The number of nitrogens with zero attached hydrogens (tertiary/aromatic N) is 2.